The van der Waals surface area contributed by atoms with Gasteiger partial charge in [0.15, 0.2) is 5.82 Å². The van der Waals surface area contributed by atoms with E-state index in [4.69, 9.17) is 11.6 Å². The smallest absolute Gasteiger partial charge is 0.268 e. The van der Waals surface area contributed by atoms with E-state index in [2.05, 4.69) is 14.1 Å². The van der Waals surface area contributed by atoms with Crippen LogP contribution in [0, 0.1) is 0 Å². The number of rotatable bonds is 9. The molecule has 0 fully saturated rings. The minimum absolute atomic E-state index is 0.0873. The van der Waals surface area contributed by atoms with Crippen molar-refractivity contribution in [1.29, 1.82) is 0 Å². The largest absolute Gasteiger partial charge is 0.386 e. The van der Waals surface area contributed by atoms with Crippen LogP contribution in [0.4, 0.5) is 11.5 Å². The van der Waals surface area contributed by atoms with Crippen LogP contribution in [0.1, 0.15) is 40.2 Å². The molecule has 8 nitrogen and oxygen atoms in total. The van der Waals surface area contributed by atoms with E-state index in [0.29, 0.717) is 17.7 Å². The van der Waals surface area contributed by atoms with E-state index in [1.54, 1.807) is 31.2 Å². The minimum atomic E-state index is -2.59. The van der Waals surface area contributed by atoms with Gasteiger partial charge in [0, 0.05) is 11.4 Å². The molecular weight excluding hydrogens is 520 g/mol. The summed E-state index contributed by atoms with van der Waals surface area (Å²) in [6, 6.07) is 22.2. The molecule has 3 N–H and O–H groups in total. The summed E-state index contributed by atoms with van der Waals surface area (Å²) < 4.78 is 32.4. The fraction of sp³-hybridized carbons (Fsp3) is 0.160. The first-order valence-electron chi connectivity index (χ1n) is 10.9. The summed E-state index contributed by atoms with van der Waals surface area (Å²) in [5.41, 5.74) is 2.26. The van der Waals surface area contributed by atoms with Gasteiger partial charge in [0.2, 0.25) is 0 Å². The van der Waals surface area contributed by atoms with Crippen LogP contribution in [0.15, 0.2) is 78.9 Å². The maximum absolute atomic E-state index is 13.3. The molecule has 3 unspecified atom stereocenters. The molecule has 0 spiro atoms. The first kappa shape index (κ1) is 25.9. The Morgan fingerprint density at radius 2 is 1.75 bits per heavy atom. The highest BCUT2D eigenvalue weighted by Crippen LogP contribution is 2.34. The fourth-order valence-electron chi connectivity index (χ4n) is 3.70. The Morgan fingerprint density at radius 3 is 2.42 bits per heavy atom. The number of halogens is 1. The summed E-state index contributed by atoms with van der Waals surface area (Å²) in [5.74, 6) is -0.397. The zero-order valence-corrected chi connectivity index (χ0v) is 21.5. The minimum Gasteiger partial charge on any atom is -0.386 e. The Kier molecular flexibility index (Phi) is 8.44. The number of aliphatic hydroxyl groups excluding tert-OH is 1. The third kappa shape index (κ3) is 5.97. The normalized spacial score (nSPS) is 13.6. The molecule has 0 radical (unpaired) electrons. The predicted molar refractivity (Wildman–Crippen MR) is 142 cm³/mol. The number of carbonyl (C=O) groups excluding carboxylic acids is 1. The standard InChI is InChI=1S/C25H23ClN4O4S2/c1-16(23(31)18-10-6-3-7-11-18)27-25(32)20-13-12-19(26)15-22(20)30(36(33)34)24-21(28-35-29-24)14-17-8-4-2-5-9-17/h2-13,15-16,23,31H,14H2,1H3,(H,27,32)(H,33,34). The maximum atomic E-state index is 13.3. The molecule has 1 aromatic heterocycles. The molecule has 186 valence electrons. The summed E-state index contributed by atoms with van der Waals surface area (Å²) in [6.45, 7) is 1.68. The second-order valence-electron chi connectivity index (χ2n) is 8.00. The Bertz CT molecular complexity index is 1350. The fourth-order valence-corrected chi connectivity index (χ4v) is 5.08. The monoisotopic (exact) mass is 542 g/mol. The lowest BCUT2D eigenvalue weighted by Crippen LogP contribution is -2.38. The van der Waals surface area contributed by atoms with Gasteiger partial charge >= 0.3 is 0 Å². The zero-order chi connectivity index (χ0) is 25.7. The third-order valence-electron chi connectivity index (χ3n) is 5.50. The first-order valence-corrected chi connectivity index (χ1v) is 13.1. The highest BCUT2D eigenvalue weighted by Gasteiger charge is 2.28. The second-order valence-corrected chi connectivity index (χ2v) is 9.79. The number of anilines is 2. The van der Waals surface area contributed by atoms with Crippen molar-refractivity contribution in [2.45, 2.75) is 25.5 Å². The topological polar surface area (TPSA) is 116 Å². The number of nitrogens with one attached hydrogen (secondary N) is 1. The molecule has 1 heterocycles. The van der Waals surface area contributed by atoms with Crippen molar-refractivity contribution < 1.29 is 18.7 Å². The van der Waals surface area contributed by atoms with Gasteiger partial charge in [-0.3, -0.25) is 9.35 Å². The van der Waals surface area contributed by atoms with Crippen molar-refractivity contribution in [2.24, 2.45) is 0 Å². The van der Waals surface area contributed by atoms with E-state index in [1.165, 1.54) is 18.2 Å². The SMILES string of the molecule is CC(NC(=O)c1ccc(Cl)cc1N(c1nsnc1Cc1ccccc1)S(=O)O)C(O)c1ccccc1. The highest BCUT2D eigenvalue weighted by atomic mass is 35.5. The molecule has 0 saturated carbocycles. The van der Waals surface area contributed by atoms with Crippen molar-refractivity contribution in [3.8, 4) is 0 Å². The average Bonchev–Trinajstić information content (AvgIpc) is 3.32. The number of benzene rings is 3. The Hall–Kier alpha value is -3.15. The van der Waals surface area contributed by atoms with Crippen LogP contribution in [-0.4, -0.2) is 34.6 Å². The van der Waals surface area contributed by atoms with E-state index in [9.17, 15) is 18.7 Å². The molecule has 0 saturated heterocycles. The molecule has 4 aromatic rings. The molecule has 0 aliphatic carbocycles. The number of carbonyl (C=O) groups is 1. The number of hydrogen-bond donors (Lipinski definition) is 3. The molecule has 0 bridgehead atoms. The molecule has 1 amide bonds. The van der Waals surface area contributed by atoms with Gasteiger partial charge in [-0.05, 0) is 36.2 Å². The molecular formula is C25H23ClN4O4S2. The predicted octanol–water partition coefficient (Wildman–Crippen LogP) is 4.91. The molecule has 0 aliphatic rings. The summed E-state index contributed by atoms with van der Waals surface area (Å²) in [7, 11) is 0. The Balaban J connectivity index is 1.66. The average molecular weight is 543 g/mol. The van der Waals surface area contributed by atoms with Gasteiger partial charge in [-0.2, -0.15) is 8.75 Å². The lowest BCUT2D eigenvalue weighted by Gasteiger charge is -2.24. The van der Waals surface area contributed by atoms with Crippen LogP contribution >= 0.6 is 23.3 Å². The van der Waals surface area contributed by atoms with E-state index in [0.717, 1.165) is 21.6 Å². The van der Waals surface area contributed by atoms with Crippen LogP contribution in [0.3, 0.4) is 0 Å². The summed E-state index contributed by atoms with van der Waals surface area (Å²) in [6.07, 6.45) is -0.572. The van der Waals surface area contributed by atoms with E-state index in [-0.39, 0.29) is 22.1 Å². The Morgan fingerprint density at radius 1 is 1.08 bits per heavy atom. The summed E-state index contributed by atoms with van der Waals surface area (Å²) in [5, 5.41) is 13.7. The van der Waals surface area contributed by atoms with Crippen molar-refractivity contribution >= 4 is 52.0 Å². The third-order valence-corrected chi connectivity index (χ3v) is 6.97. The van der Waals surface area contributed by atoms with Gasteiger partial charge < -0.3 is 10.4 Å². The number of hydrogen-bond acceptors (Lipinski definition) is 6. The molecule has 3 atom stereocenters. The lowest BCUT2D eigenvalue weighted by molar-refractivity contribution is 0.0853. The van der Waals surface area contributed by atoms with Crippen molar-refractivity contribution in [3.05, 3.63) is 106 Å². The number of amides is 1. The van der Waals surface area contributed by atoms with E-state index in [1.807, 2.05) is 36.4 Å². The van der Waals surface area contributed by atoms with Crippen LogP contribution in [0.2, 0.25) is 5.02 Å². The van der Waals surface area contributed by atoms with Gasteiger partial charge in [0.1, 0.15) is 5.69 Å². The highest BCUT2D eigenvalue weighted by molar-refractivity contribution is 7.81. The van der Waals surface area contributed by atoms with Crippen molar-refractivity contribution in [2.75, 3.05) is 4.31 Å². The molecule has 36 heavy (non-hydrogen) atoms. The van der Waals surface area contributed by atoms with Crippen LogP contribution in [0.5, 0.6) is 0 Å². The molecule has 0 aliphatic heterocycles. The van der Waals surface area contributed by atoms with Gasteiger partial charge in [0.25, 0.3) is 17.2 Å². The van der Waals surface area contributed by atoms with Crippen LogP contribution < -0.4 is 9.62 Å². The quantitative estimate of drug-likeness (QED) is 0.259. The Labute approximate surface area is 220 Å². The van der Waals surface area contributed by atoms with Crippen molar-refractivity contribution in [1.82, 2.24) is 14.1 Å². The lowest BCUT2D eigenvalue weighted by atomic mass is 10.0. The maximum Gasteiger partial charge on any atom is 0.268 e. The van der Waals surface area contributed by atoms with E-state index < -0.39 is 29.3 Å². The van der Waals surface area contributed by atoms with Crippen LogP contribution in [-0.2, 0) is 17.7 Å². The summed E-state index contributed by atoms with van der Waals surface area (Å²) in [4.78, 5) is 13.3. The number of aromatic nitrogens is 2. The van der Waals surface area contributed by atoms with Gasteiger partial charge in [-0.15, -0.1) is 0 Å². The van der Waals surface area contributed by atoms with Gasteiger partial charge in [-0.25, -0.2) is 8.51 Å². The molecule has 11 heteroatoms. The van der Waals surface area contributed by atoms with Gasteiger partial charge in [-0.1, -0.05) is 72.3 Å². The van der Waals surface area contributed by atoms with Crippen molar-refractivity contribution in [3.63, 3.8) is 0 Å². The van der Waals surface area contributed by atoms with Crippen LogP contribution in [0.25, 0.3) is 0 Å². The second kappa shape index (κ2) is 11.7. The summed E-state index contributed by atoms with van der Waals surface area (Å²) >= 11 is 4.54. The molecule has 3 aromatic carbocycles. The van der Waals surface area contributed by atoms with Gasteiger partial charge in [0.05, 0.1) is 35.1 Å². The van der Waals surface area contributed by atoms with E-state index >= 15 is 0 Å². The zero-order valence-electron chi connectivity index (χ0n) is 19.1. The first-order chi connectivity index (χ1) is 17.3. The number of aliphatic hydroxyl groups is 1. The number of nitrogens with zero attached hydrogens (tertiary/aromatic N) is 3. The molecule has 4 rings (SSSR count).